The molecule has 0 heterocycles. The molecule has 0 amide bonds. The van der Waals surface area contributed by atoms with Crippen LogP contribution in [-0.2, 0) is 11.2 Å². The van der Waals surface area contributed by atoms with Gasteiger partial charge in [-0.1, -0.05) is 36.9 Å². The minimum absolute atomic E-state index is 0.375. The Morgan fingerprint density at radius 1 is 1.40 bits per heavy atom. The molecule has 1 nitrogen and oxygen atoms in total. The number of rotatable bonds is 5. The molecule has 1 aromatic carbocycles. The number of hydrogen-bond acceptors (Lipinski definition) is 1. The van der Waals surface area contributed by atoms with E-state index >= 15 is 0 Å². The van der Waals surface area contributed by atoms with E-state index in [-0.39, 0.29) is 6.42 Å². The summed E-state index contributed by atoms with van der Waals surface area (Å²) < 4.78 is 31.7. The molecule has 0 fully saturated rings. The molecule has 0 saturated carbocycles. The molecule has 0 bridgehead atoms. The van der Waals surface area contributed by atoms with Gasteiger partial charge >= 0.3 is 0 Å². The highest BCUT2D eigenvalue weighted by atomic mass is 19.3. The average molecular weight is 211 g/mol. The lowest BCUT2D eigenvalue weighted by Crippen LogP contribution is -2.35. The Bertz CT molecular complexity index is 309. The van der Waals surface area contributed by atoms with Crippen molar-refractivity contribution in [2.24, 2.45) is 0 Å². The van der Waals surface area contributed by atoms with Gasteiger partial charge < -0.3 is 4.74 Å². The van der Waals surface area contributed by atoms with Gasteiger partial charge in [0, 0.05) is 13.5 Å². The van der Waals surface area contributed by atoms with Gasteiger partial charge in [-0.05, 0) is 11.6 Å². The Kier molecular flexibility index (Phi) is 3.97. The summed E-state index contributed by atoms with van der Waals surface area (Å²) in [6, 6.07) is 8.53. The van der Waals surface area contributed by atoms with Gasteiger partial charge in [-0.3, -0.25) is 0 Å². The predicted octanol–water partition coefficient (Wildman–Crippen LogP) is 2.87. The van der Waals surface area contributed by atoms with Gasteiger partial charge in [0.15, 0.2) is 0 Å². The van der Waals surface area contributed by atoms with Crippen LogP contribution in [0.3, 0.4) is 0 Å². The van der Waals surface area contributed by atoms with E-state index in [1.165, 1.54) is 7.11 Å². The lowest BCUT2D eigenvalue weighted by molar-refractivity contribution is -0.101. The maximum atomic E-state index is 13.5. The minimum atomic E-state index is -2.98. The summed E-state index contributed by atoms with van der Waals surface area (Å²) in [6.45, 7) is 5.09. The zero-order valence-corrected chi connectivity index (χ0v) is 8.49. The standard InChI is InChI=1S/C12H13F2O/c1-3-11(15-2)12(13,14)9-10-7-5-4-6-8-10/h1,3-8,11H,9H2,2H3. The van der Waals surface area contributed by atoms with Gasteiger partial charge in [-0.2, -0.15) is 0 Å². The molecule has 81 valence electrons. The molecule has 1 radical (unpaired) electrons. The number of benzene rings is 1. The molecule has 0 aliphatic heterocycles. The molecule has 3 heteroatoms. The predicted molar refractivity (Wildman–Crippen MR) is 54.8 cm³/mol. The summed E-state index contributed by atoms with van der Waals surface area (Å²) in [5.41, 5.74) is 0.561. The van der Waals surface area contributed by atoms with E-state index in [1.807, 2.05) is 0 Å². The Morgan fingerprint density at radius 3 is 2.47 bits per heavy atom. The van der Waals surface area contributed by atoms with Crippen molar-refractivity contribution in [2.45, 2.75) is 18.4 Å². The van der Waals surface area contributed by atoms with E-state index in [0.717, 1.165) is 6.08 Å². The first-order valence-electron chi connectivity index (χ1n) is 4.60. The Hall–Kier alpha value is -1.22. The monoisotopic (exact) mass is 211 g/mol. The molecule has 1 aromatic rings. The summed E-state index contributed by atoms with van der Waals surface area (Å²) in [4.78, 5) is 0. The third kappa shape index (κ3) is 3.13. The smallest absolute Gasteiger partial charge is 0.281 e. The summed E-state index contributed by atoms with van der Waals surface area (Å²) in [6.07, 6.45) is -0.846. The quantitative estimate of drug-likeness (QED) is 0.727. The lowest BCUT2D eigenvalue weighted by Gasteiger charge is -2.22. The highest BCUT2D eigenvalue weighted by Gasteiger charge is 2.37. The van der Waals surface area contributed by atoms with Gasteiger partial charge in [0.25, 0.3) is 5.92 Å². The van der Waals surface area contributed by atoms with Crippen molar-refractivity contribution >= 4 is 0 Å². The van der Waals surface area contributed by atoms with Crippen LogP contribution >= 0.6 is 0 Å². The van der Waals surface area contributed by atoms with Gasteiger partial charge in [0.2, 0.25) is 0 Å². The van der Waals surface area contributed by atoms with Crippen molar-refractivity contribution in [1.82, 2.24) is 0 Å². The van der Waals surface area contributed by atoms with Crippen molar-refractivity contribution in [3.63, 3.8) is 0 Å². The number of ether oxygens (including phenoxy) is 1. The Labute approximate surface area is 88.4 Å². The van der Waals surface area contributed by atoms with Crippen LogP contribution in [0.2, 0.25) is 0 Å². The van der Waals surface area contributed by atoms with Crippen LogP contribution < -0.4 is 0 Å². The Morgan fingerprint density at radius 2 is 2.00 bits per heavy atom. The van der Waals surface area contributed by atoms with E-state index in [2.05, 4.69) is 4.74 Å². The number of methoxy groups -OCH3 is 1. The first-order chi connectivity index (χ1) is 7.10. The highest BCUT2D eigenvalue weighted by molar-refractivity contribution is 5.17. The normalized spacial score (nSPS) is 13.5. The first kappa shape index (κ1) is 11.9. The topological polar surface area (TPSA) is 9.23 Å². The van der Waals surface area contributed by atoms with Gasteiger partial charge in [-0.25, -0.2) is 8.78 Å². The molecule has 0 saturated heterocycles. The van der Waals surface area contributed by atoms with E-state index in [4.69, 9.17) is 6.58 Å². The second-order valence-electron chi connectivity index (χ2n) is 3.27. The fourth-order valence-corrected chi connectivity index (χ4v) is 1.36. The average Bonchev–Trinajstić information content (AvgIpc) is 2.19. The molecule has 15 heavy (non-hydrogen) atoms. The third-order valence-corrected chi connectivity index (χ3v) is 2.13. The second kappa shape index (κ2) is 5.03. The van der Waals surface area contributed by atoms with Crippen LogP contribution in [0.4, 0.5) is 8.78 Å². The van der Waals surface area contributed by atoms with Crippen LogP contribution in [0.25, 0.3) is 0 Å². The molecule has 1 rings (SSSR count). The molecule has 0 N–H and O–H groups in total. The van der Waals surface area contributed by atoms with Crippen LogP contribution in [0, 0.1) is 6.58 Å². The van der Waals surface area contributed by atoms with Crippen LogP contribution in [0.1, 0.15) is 5.56 Å². The summed E-state index contributed by atoms with van der Waals surface area (Å²) in [5.74, 6) is -2.98. The number of hydrogen-bond donors (Lipinski definition) is 0. The van der Waals surface area contributed by atoms with Gasteiger partial charge in [0.05, 0.1) is 0 Å². The van der Waals surface area contributed by atoms with Crippen molar-refractivity contribution < 1.29 is 13.5 Å². The Balaban J connectivity index is 2.75. The van der Waals surface area contributed by atoms with Crippen LogP contribution in [-0.4, -0.2) is 19.1 Å². The maximum absolute atomic E-state index is 13.5. The maximum Gasteiger partial charge on any atom is 0.281 e. The van der Waals surface area contributed by atoms with E-state index < -0.39 is 12.0 Å². The molecular formula is C12H13F2O. The zero-order chi connectivity index (χ0) is 11.3. The van der Waals surface area contributed by atoms with Gasteiger partial charge in [-0.15, -0.1) is 0 Å². The largest absolute Gasteiger partial charge is 0.371 e. The van der Waals surface area contributed by atoms with Crippen LogP contribution in [0.15, 0.2) is 36.4 Å². The first-order valence-corrected chi connectivity index (χ1v) is 4.60. The third-order valence-electron chi connectivity index (χ3n) is 2.13. The molecule has 1 unspecified atom stereocenters. The molecular weight excluding hydrogens is 198 g/mol. The van der Waals surface area contributed by atoms with E-state index in [9.17, 15) is 8.78 Å². The van der Waals surface area contributed by atoms with E-state index in [0.29, 0.717) is 5.56 Å². The fourth-order valence-electron chi connectivity index (χ4n) is 1.36. The molecule has 0 aliphatic carbocycles. The summed E-state index contributed by atoms with van der Waals surface area (Å²) >= 11 is 0. The van der Waals surface area contributed by atoms with Crippen molar-refractivity contribution in [1.29, 1.82) is 0 Å². The molecule has 1 atom stereocenters. The second-order valence-corrected chi connectivity index (χ2v) is 3.27. The number of alkyl halides is 2. The molecule has 0 aromatic heterocycles. The van der Waals surface area contributed by atoms with Crippen molar-refractivity contribution in [3.8, 4) is 0 Å². The van der Waals surface area contributed by atoms with Gasteiger partial charge in [0.1, 0.15) is 6.10 Å². The molecule has 0 aliphatic rings. The highest BCUT2D eigenvalue weighted by Crippen LogP contribution is 2.26. The van der Waals surface area contributed by atoms with E-state index in [1.54, 1.807) is 30.3 Å². The van der Waals surface area contributed by atoms with Crippen molar-refractivity contribution in [3.05, 3.63) is 48.6 Å². The zero-order valence-electron chi connectivity index (χ0n) is 8.49. The van der Waals surface area contributed by atoms with Crippen molar-refractivity contribution in [2.75, 3.05) is 7.11 Å². The SMILES string of the molecule is [CH]=CC(OC)C(F)(F)Cc1ccccc1. The summed E-state index contributed by atoms with van der Waals surface area (Å²) in [5, 5.41) is 0. The summed E-state index contributed by atoms with van der Waals surface area (Å²) in [7, 11) is 1.22. The fraction of sp³-hybridized carbons (Fsp3) is 0.333. The molecule has 0 spiro atoms. The van der Waals surface area contributed by atoms with Crippen LogP contribution in [0.5, 0.6) is 0 Å². The minimum Gasteiger partial charge on any atom is -0.371 e. The number of halogens is 2. The lowest BCUT2D eigenvalue weighted by atomic mass is 10.0.